The van der Waals surface area contributed by atoms with E-state index in [2.05, 4.69) is 5.32 Å². The largest absolute Gasteiger partial charge is 0.495 e. The minimum atomic E-state index is -1.18. The molecule has 1 atom stereocenters. The Morgan fingerprint density at radius 1 is 1.19 bits per heavy atom. The van der Waals surface area contributed by atoms with Gasteiger partial charge in [0.15, 0.2) is 6.04 Å². The minimum Gasteiger partial charge on any atom is -0.495 e. The predicted octanol–water partition coefficient (Wildman–Crippen LogP) is 3.45. The van der Waals surface area contributed by atoms with E-state index in [-0.39, 0.29) is 17.4 Å². The zero-order valence-corrected chi connectivity index (χ0v) is 15.0. The van der Waals surface area contributed by atoms with Gasteiger partial charge in [-0.15, -0.1) is 0 Å². The third kappa shape index (κ3) is 5.67. The van der Waals surface area contributed by atoms with E-state index in [0.717, 1.165) is 5.75 Å². The molecule has 0 saturated carbocycles. The van der Waals surface area contributed by atoms with Gasteiger partial charge < -0.3 is 19.9 Å². The molecule has 0 aliphatic heterocycles. The average molecular weight is 378 g/mol. The Morgan fingerprint density at radius 2 is 1.92 bits per heavy atom. The molecule has 138 valence electrons. The number of methoxy groups -OCH3 is 1. The van der Waals surface area contributed by atoms with Gasteiger partial charge in [-0.25, -0.2) is 4.79 Å². The molecule has 0 fully saturated rings. The lowest BCUT2D eigenvalue weighted by Gasteiger charge is -2.16. The van der Waals surface area contributed by atoms with Crippen LogP contribution in [0.3, 0.4) is 0 Å². The lowest BCUT2D eigenvalue weighted by atomic mass is 10.1. The Kier molecular flexibility index (Phi) is 7.29. The summed E-state index contributed by atoms with van der Waals surface area (Å²) < 4.78 is 10.5. The SMILES string of the molecule is COc1ccc(C(NC(=O)CCCOc2ccccc2)C(=O)O)cc1Cl. The van der Waals surface area contributed by atoms with Crippen molar-refractivity contribution in [2.45, 2.75) is 18.9 Å². The fraction of sp³-hybridized carbons (Fsp3) is 0.263. The number of carbonyl (C=O) groups is 2. The summed E-state index contributed by atoms with van der Waals surface area (Å²) in [6, 6.07) is 12.7. The second-order valence-corrected chi connectivity index (χ2v) is 5.91. The van der Waals surface area contributed by atoms with Gasteiger partial charge in [0.2, 0.25) is 5.91 Å². The molecule has 2 rings (SSSR count). The van der Waals surface area contributed by atoms with Crippen LogP contribution in [-0.2, 0) is 9.59 Å². The molecule has 0 aliphatic carbocycles. The number of carboxylic acids is 1. The molecule has 0 aliphatic rings. The summed E-state index contributed by atoms with van der Waals surface area (Å²) in [4.78, 5) is 23.6. The Labute approximate surface area is 156 Å². The van der Waals surface area contributed by atoms with Crippen molar-refractivity contribution < 1.29 is 24.2 Å². The van der Waals surface area contributed by atoms with E-state index in [0.29, 0.717) is 24.3 Å². The molecule has 0 saturated heterocycles. The van der Waals surface area contributed by atoms with Crippen molar-refractivity contribution in [1.82, 2.24) is 5.32 Å². The molecule has 1 amide bonds. The van der Waals surface area contributed by atoms with Gasteiger partial charge in [-0.05, 0) is 36.2 Å². The molecule has 0 bridgehead atoms. The van der Waals surface area contributed by atoms with Gasteiger partial charge >= 0.3 is 5.97 Å². The summed E-state index contributed by atoms with van der Waals surface area (Å²) in [5.41, 5.74) is 0.372. The van der Waals surface area contributed by atoms with Crippen molar-refractivity contribution in [2.75, 3.05) is 13.7 Å². The van der Waals surface area contributed by atoms with Gasteiger partial charge in [0.25, 0.3) is 0 Å². The van der Waals surface area contributed by atoms with Crippen LogP contribution in [0.4, 0.5) is 0 Å². The lowest BCUT2D eigenvalue weighted by Crippen LogP contribution is -2.33. The Bertz CT molecular complexity index is 751. The first-order valence-corrected chi connectivity index (χ1v) is 8.42. The van der Waals surface area contributed by atoms with Crippen LogP contribution in [0, 0.1) is 0 Å². The number of rotatable bonds is 9. The van der Waals surface area contributed by atoms with Crippen LogP contribution in [-0.4, -0.2) is 30.7 Å². The summed E-state index contributed by atoms with van der Waals surface area (Å²) in [7, 11) is 1.47. The molecule has 2 aromatic rings. The third-order valence-electron chi connectivity index (χ3n) is 3.62. The number of ether oxygens (including phenoxy) is 2. The predicted molar refractivity (Wildman–Crippen MR) is 97.7 cm³/mol. The second-order valence-electron chi connectivity index (χ2n) is 5.50. The quantitative estimate of drug-likeness (QED) is 0.654. The van der Waals surface area contributed by atoms with Crippen molar-refractivity contribution in [2.24, 2.45) is 0 Å². The number of halogens is 1. The van der Waals surface area contributed by atoms with Crippen LogP contribution >= 0.6 is 11.6 Å². The van der Waals surface area contributed by atoms with Crippen LogP contribution in [0.1, 0.15) is 24.4 Å². The first-order valence-electron chi connectivity index (χ1n) is 8.04. The number of amides is 1. The summed E-state index contributed by atoms with van der Waals surface area (Å²) >= 11 is 6.03. The molecule has 0 radical (unpaired) electrons. The van der Waals surface area contributed by atoms with E-state index < -0.39 is 12.0 Å². The summed E-state index contributed by atoms with van der Waals surface area (Å²) in [5.74, 6) is -0.380. The van der Waals surface area contributed by atoms with Gasteiger partial charge in [0, 0.05) is 6.42 Å². The highest BCUT2D eigenvalue weighted by molar-refractivity contribution is 6.32. The third-order valence-corrected chi connectivity index (χ3v) is 3.92. The van der Waals surface area contributed by atoms with Gasteiger partial charge in [0.1, 0.15) is 11.5 Å². The molecular weight excluding hydrogens is 358 g/mol. The van der Waals surface area contributed by atoms with E-state index >= 15 is 0 Å². The van der Waals surface area contributed by atoms with Crippen LogP contribution < -0.4 is 14.8 Å². The number of benzene rings is 2. The normalized spacial score (nSPS) is 11.5. The van der Waals surface area contributed by atoms with Crippen molar-refractivity contribution in [3.63, 3.8) is 0 Å². The maximum atomic E-state index is 12.1. The van der Waals surface area contributed by atoms with Crippen molar-refractivity contribution in [1.29, 1.82) is 0 Å². The fourth-order valence-corrected chi connectivity index (χ4v) is 2.59. The lowest BCUT2D eigenvalue weighted by molar-refractivity contribution is -0.142. The summed E-state index contributed by atoms with van der Waals surface area (Å²) in [6.07, 6.45) is 0.622. The van der Waals surface area contributed by atoms with Crippen molar-refractivity contribution in [3.05, 3.63) is 59.1 Å². The first-order chi connectivity index (χ1) is 12.5. The number of nitrogens with one attached hydrogen (secondary N) is 1. The van der Waals surface area contributed by atoms with Gasteiger partial charge in [-0.3, -0.25) is 4.79 Å². The van der Waals surface area contributed by atoms with E-state index in [1.54, 1.807) is 12.1 Å². The summed E-state index contributed by atoms with van der Waals surface area (Å²) in [5, 5.41) is 12.2. The first kappa shape index (κ1) is 19.6. The highest BCUT2D eigenvalue weighted by Gasteiger charge is 2.22. The van der Waals surface area contributed by atoms with E-state index in [4.69, 9.17) is 21.1 Å². The zero-order valence-electron chi connectivity index (χ0n) is 14.3. The van der Waals surface area contributed by atoms with Crippen LogP contribution in [0.25, 0.3) is 0 Å². The monoisotopic (exact) mass is 377 g/mol. The van der Waals surface area contributed by atoms with Crippen molar-refractivity contribution in [3.8, 4) is 11.5 Å². The number of carboxylic acid groups (broad SMARTS) is 1. The molecule has 7 heteroatoms. The molecule has 2 aromatic carbocycles. The number of carbonyl (C=O) groups excluding carboxylic acids is 1. The van der Waals surface area contributed by atoms with Crippen LogP contribution in [0.5, 0.6) is 11.5 Å². The van der Waals surface area contributed by atoms with Gasteiger partial charge in [-0.2, -0.15) is 0 Å². The molecule has 0 aromatic heterocycles. The van der Waals surface area contributed by atoms with Crippen LogP contribution in [0.2, 0.25) is 5.02 Å². The average Bonchev–Trinajstić information content (AvgIpc) is 2.64. The molecule has 0 heterocycles. The Morgan fingerprint density at radius 3 is 2.54 bits per heavy atom. The number of aliphatic carboxylic acids is 1. The number of hydrogen-bond acceptors (Lipinski definition) is 4. The van der Waals surface area contributed by atoms with Gasteiger partial charge in [-0.1, -0.05) is 35.9 Å². The highest BCUT2D eigenvalue weighted by Crippen LogP contribution is 2.27. The summed E-state index contributed by atoms with van der Waals surface area (Å²) in [6.45, 7) is 0.365. The molecule has 26 heavy (non-hydrogen) atoms. The Balaban J connectivity index is 1.87. The maximum absolute atomic E-state index is 12.1. The van der Waals surface area contributed by atoms with Crippen LogP contribution in [0.15, 0.2) is 48.5 Å². The standard InChI is InChI=1S/C19H20ClNO5/c1-25-16-10-9-13(12-15(16)20)18(19(23)24)21-17(22)8-5-11-26-14-6-3-2-4-7-14/h2-4,6-7,9-10,12,18H,5,8,11H2,1H3,(H,21,22)(H,23,24). The molecule has 2 N–H and O–H groups in total. The molecule has 1 unspecified atom stereocenters. The van der Waals surface area contributed by atoms with Crippen molar-refractivity contribution >= 4 is 23.5 Å². The molecule has 6 nitrogen and oxygen atoms in total. The number of para-hydroxylation sites is 1. The topological polar surface area (TPSA) is 84.9 Å². The van der Waals surface area contributed by atoms with Gasteiger partial charge in [0.05, 0.1) is 18.7 Å². The van der Waals surface area contributed by atoms with E-state index in [9.17, 15) is 14.7 Å². The van der Waals surface area contributed by atoms with E-state index in [1.807, 2.05) is 30.3 Å². The number of hydrogen-bond donors (Lipinski definition) is 2. The van der Waals surface area contributed by atoms with E-state index in [1.165, 1.54) is 13.2 Å². The fourth-order valence-electron chi connectivity index (χ4n) is 2.32. The Hall–Kier alpha value is -2.73. The molecular formula is C19H20ClNO5. The maximum Gasteiger partial charge on any atom is 0.330 e. The molecule has 0 spiro atoms. The highest BCUT2D eigenvalue weighted by atomic mass is 35.5. The zero-order chi connectivity index (χ0) is 18.9. The second kappa shape index (κ2) is 9.68. The smallest absolute Gasteiger partial charge is 0.330 e. The minimum absolute atomic E-state index is 0.153.